The van der Waals surface area contributed by atoms with Crippen LogP contribution in [-0.2, 0) is 4.79 Å². The average Bonchev–Trinajstić information content (AvgIpc) is 2.89. The van der Waals surface area contributed by atoms with Gasteiger partial charge in [0.2, 0.25) is 5.91 Å². The highest BCUT2D eigenvalue weighted by molar-refractivity contribution is 8.00. The molecule has 3 rings (SSSR count). The first-order chi connectivity index (χ1) is 10.2. The van der Waals surface area contributed by atoms with Gasteiger partial charge >= 0.3 is 0 Å². The van der Waals surface area contributed by atoms with Crippen LogP contribution in [0.15, 0.2) is 48.5 Å². The molecule has 1 saturated heterocycles. The smallest absolute Gasteiger partial charge is 0.238 e. The Morgan fingerprint density at radius 3 is 2.67 bits per heavy atom. The second-order valence-corrected chi connectivity index (χ2v) is 5.80. The first-order valence-corrected chi connectivity index (χ1v) is 7.68. The lowest BCUT2D eigenvalue weighted by atomic mass is 10.1. The van der Waals surface area contributed by atoms with Crippen molar-refractivity contribution in [2.45, 2.75) is 5.37 Å². The van der Waals surface area contributed by atoms with Crippen LogP contribution in [-0.4, -0.2) is 18.8 Å². The minimum atomic E-state index is -0.116. The lowest BCUT2D eigenvalue weighted by molar-refractivity contribution is -0.115. The second-order valence-electron chi connectivity index (χ2n) is 4.73. The van der Waals surface area contributed by atoms with Crippen LogP contribution >= 0.6 is 11.8 Å². The number of para-hydroxylation sites is 3. The molecule has 2 N–H and O–H groups in total. The van der Waals surface area contributed by atoms with Gasteiger partial charge in [0.05, 0.1) is 18.6 Å². The number of methoxy groups -OCH3 is 1. The molecule has 4 nitrogen and oxygen atoms in total. The molecule has 0 aromatic heterocycles. The number of hydrogen-bond acceptors (Lipinski definition) is 4. The monoisotopic (exact) mass is 300 g/mol. The molecule has 1 aliphatic heterocycles. The molecule has 0 aliphatic carbocycles. The molecule has 0 unspecified atom stereocenters. The molecule has 1 heterocycles. The van der Waals surface area contributed by atoms with Gasteiger partial charge in [-0.3, -0.25) is 9.69 Å². The van der Waals surface area contributed by atoms with Crippen molar-refractivity contribution >= 4 is 29.0 Å². The Labute approximate surface area is 127 Å². The molecular weight excluding hydrogens is 284 g/mol. The van der Waals surface area contributed by atoms with E-state index < -0.39 is 0 Å². The highest BCUT2D eigenvalue weighted by Crippen LogP contribution is 2.45. The molecule has 5 heteroatoms. The van der Waals surface area contributed by atoms with Crippen LogP contribution in [0, 0.1) is 0 Å². The number of nitrogens with two attached hydrogens (primary N) is 1. The van der Waals surface area contributed by atoms with E-state index >= 15 is 0 Å². The number of rotatable bonds is 3. The molecule has 21 heavy (non-hydrogen) atoms. The van der Waals surface area contributed by atoms with Crippen molar-refractivity contribution in [1.29, 1.82) is 0 Å². The molecule has 0 spiro atoms. The summed E-state index contributed by atoms with van der Waals surface area (Å²) in [6.45, 7) is 0. The van der Waals surface area contributed by atoms with Crippen LogP contribution in [0.25, 0.3) is 0 Å². The second kappa shape index (κ2) is 5.69. The molecule has 1 atom stereocenters. The zero-order chi connectivity index (χ0) is 14.8. The third-order valence-electron chi connectivity index (χ3n) is 3.47. The van der Waals surface area contributed by atoms with E-state index in [1.165, 1.54) is 0 Å². The molecule has 0 radical (unpaired) electrons. The first-order valence-electron chi connectivity index (χ1n) is 6.63. The molecular formula is C16H16N2O2S. The van der Waals surface area contributed by atoms with Crippen LogP contribution < -0.4 is 15.4 Å². The number of thioether (sulfide) groups is 1. The van der Waals surface area contributed by atoms with Crippen molar-refractivity contribution in [3.8, 4) is 5.75 Å². The summed E-state index contributed by atoms with van der Waals surface area (Å²) in [4.78, 5) is 14.1. The van der Waals surface area contributed by atoms with Crippen molar-refractivity contribution < 1.29 is 9.53 Å². The Hall–Kier alpha value is -2.14. The Kier molecular flexibility index (Phi) is 3.75. The Bertz CT molecular complexity index is 675. The van der Waals surface area contributed by atoms with E-state index in [1.807, 2.05) is 48.5 Å². The predicted molar refractivity (Wildman–Crippen MR) is 86.5 cm³/mol. The first kappa shape index (κ1) is 13.8. The van der Waals surface area contributed by atoms with Crippen LogP contribution in [0.1, 0.15) is 10.9 Å². The molecule has 2 aromatic rings. The Morgan fingerprint density at radius 2 is 1.90 bits per heavy atom. The quantitative estimate of drug-likeness (QED) is 0.885. The maximum Gasteiger partial charge on any atom is 0.238 e. The fourth-order valence-corrected chi connectivity index (χ4v) is 3.69. The average molecular weight is 300 g/mol. The van der Waals surface area contributed by atoms with Gasteiger partial charge in [0.25, 0.3) is 0 Å². The summed E-state index contributed by atoms with van der Waals surface area (Å²) in [5, 5.41) is -0.116. The molecule has 0 bridgehead atoms. The number of carbonyl (C=O) groups excluding carboxylic acids is 1. The Balaban J connectivity index is 2.06. The van der Waals surface area contributed by atoms with Crippen molar-refractivity contribution in [3.05, 3.63) is 54.1 Å². The van der Waals surface area contributed by atoms with Gasteiger partial charge in [0.15, 0.2) is 0 Å². The molecule has 0 saturated carbocycles. The number of nitrogens with zero attached hydrogens (tertiary/aromatic N) is 1. The van der Waals surface area contributed by atoms with Crippen LogP contribution in [0.4, 0.5) is 11.4 Å². The summed E-state index contributed by atoms with van der Waals surface area (Å²) in [5.41, 5.74) is 8.51. The lowest BCUT2D eigenvalue weighted by Gasteiger charge is -2.26. The van der Waals surface area contributed by atoms with Crippen molar-refractivity contribution in [3.63, 3.8) is 0 Å². The van der Waals surface area contributed by atoms with Gasteiger partial charge in [0, 0.05) is 11.3 Å². The molecule has 108 valence electrons. The highest BCUT2D eigenvalue weighted by atomic mass is 32.2. The maximum atomic E-state index is 12.3. The number of amides is 1. The molecule has 1 aliphatic rings. The normalized spacial score (nSPS) is 18.0. The van der Waals surface area contributed by atoms with E-state index in [1.54, 1.807) is 23.8 Å². The fourth-order valence-electron chi connectivity index (χ4n) is 2.48. The van der Waals surface area contributed by atoms with Crippen molar-refractivity contribution in [2.24, 2.45) is 0 Å². The van der Waals surface area contributed by atoms with E-state index in [9.17, 15) is 4.79 Å². The SMILES string of the molecule is COc1ccccc1N1C(=O)CS[C@@H]1c1ccccc1N. The number of ether oxygens (including phenoxy) is 1. The molecule has 2 aromatic carbocycles. The van der Waals surface area contributed by atoms with Crippen molar-refractivity contribution in [1.82, 2.24) is 0 Å². The fraction of sp³-hybridized carbons (Fsp3) is 0.188. The third kappa shape index (κ3) is 2.45. The molecule has 1 fully saturated rings. The summed E-state index contributed by atoms with van der Waals surface area (Å²) in [7, 11) is 1.61. The van der Waals surface area contributed by atoms with Gasteiger partial charge < -0.3 is 10.5 Å². The number of carbonyl (C=O) groups is 1. The number of anilines is 2. The number of hydrogen-bond donors (Lipinski definition) is 1. The zero-order valence-corrected chi connectivity index (χ0v) is 12.5. The van der Waals surface area contributed by atoms with Gasteiger partial charge in [-0.15, -0.1) is 11.8 Å². The van der Waals surface area contributed by atoms with E-state index in [2.05, 4.69) is 0 Å². The van der Waals surface area contributed by atoms with Gasteiger partial charge in [-0.1, -0.05) is 30.3 Å². The zero-order valence-electron chi connectivity index (χ0n) is 11.7. The van der Waals surface area contributed by atoms with Gasteiger partial charge in [-0.2, -0.15) is 0 Å². The van der Waals surface area contributed by atoms with Crippen LogP contribution in [0.3, 0.4) is 0 Å². The van der Waals surface area contributed by atoms with E-state index in [0.717, 1.165) is 11.3 Å². The highest BCUT2D eigenvalue weighted by Gasteiger charge is 2.36. The molecule has 1 amide bonds. The largest absolute Gasteiger partial charge is 0.495 e. The topological polar surface area (TPSA) is 55.6 Å². The minimum absolute atomic E-state index is 0.0674. The van der Waals surface area contributed by atoms with E-state index in [-0.39, 0.29) is 11.3 Å². The standard InChI is InChI=1S/C16H16N2O2S/c1-20-14-9-5-4-8-13(14)18-15(19)10-21-16(18)11-6-2-3-7-12(11)17/h2-9,16H,10,17H2,1H3/t16-/m1/s1. The predicted octanol–water partition coefficient (Wildman–Crippen LogP) is 3.06. The number of benzene rings is 2. The minimum Gasteiger partial charge on any atom is -0.495 e. The summed E-state index contributed by atoms with van der Waals surface area (Å²) >= 11 is 1.58. The van der Waals surface area contributed by atoms with Gasteiger partial charge in [-0.25, -0.2) is 0 Å². The van der Waals surface area contributed by atoms with Crippen molar-refractivity contribution in [2.75, 3.05) is 23.5 Å². The lowest BCUT2D eigenvalue weighted by Crippen LogP contribution is -2.28. The van der Waals surface area contributed by atoms with E-state index in [0.29, 0.717) is 17.2 Å². The maximum absolute atomic E-state index is 12.3. The van der Waals surface area contributed by atoms with Gasteiger partial charge in [0.1, 0.15) is 11.1 Å². The summed E-state index contributed by atoms with van der Waals surface area (Å²) in [6.07, 6.45) is 0. The van der Waals surface area contributed by atoms with Gasteiger partial charge in [-0.05, 0) is 18.2 Å². The number of nitrogen functional groups attached to an aromatic ring is 1. The summed E-state index contributed by atoms with van der Waals surface area (Å²) in [5.74, 6) is 1.20. The van der Waals surface area contributed by atoms with E-state index in [4.69, 9.17) is 10.5 Å². The van der Waals surface area contributed by atoms with Crippen LogP contribution in [0.5, 0.6) is 5.75 Å². The third-order valence-corrected chi connectivity index (χ3v) is 4.67. The Morgan fingerprint density at radius 1 is 1.19 bits per heavy atom. The summed E-state index contributed by atoms with van der Waals surface area (Å²) < 4.78 is 5.39. The summed E-state index contributed by atoms with van der Waals surface area (Å²) in [6, 6.07) is 15.2. The van der Waals surface area contributed by atoms with Crippen LogP contribution in [0.2, 0.25) is 0 Å².